The average Bonchev–Trinajstić information content (AvgIpc) is 1.55. The third-order valence-electron chi connectivity index (χ3n) is 18.8. The maximum atomic E-state index is 13.1. The molecule has 0 fully saturated rings. The summed E-state index contributed by atoms with van der Waals surface area (Å²) in [6.45, 7) is 7.26. The van der Waals surface area contributed by atoms with Gasteiger partial charge in [0.1, 0.15) is 19.3 Å². The summed E-state index contributed by atoms with van der Waals surface area (Å²) in [5.74, 6) is -1.39. The Morgan fingerprint density at radius 3 is 0.687 bits per heavy atom. The summed E-state index contributed by atoms with van der Waals surface area (Å²) in [6, 6.07) is 0. The van der Waals surface area contributed by atoms with Crippen LogP contribution in [0.25, 0.3) is 0 Å². The Morgan fingerprint density at radius 2 is 0.465 bits per heavy atom. The molecule has 0 bridgehead atoms. The first kappa shape index (κ1) is 97.1. The quantitative estimate of drug-likeness (QED) is 0.0222. The third kappa shape index (κ3) is 74.1. The highest BCUT2D eigenvalue weighted by molar-refractivity contribution is 7.47. The van der Waals surface area contributed by atoms with E-state index < -0.39 is 97.5 Å². The van der Waals surface area contributed by atoms with E-state index in [4.69, 9.17) is 37.0 Å². The monoisotopic (exact) mass is 1450 g/mol. The highest BCUT2D eigenvalue weighted by atomic mass is 31.2. The van der Waals surface area contributed by atoms with Gasteiger partial charge in [-0.15, -0.1) is 0 Å². The van der Waals surface area contributed by atoms with Crippen LogP contribution in [0.5, 0.6) is 0 Å². The number of esters is 4. The first-order valence-electron chi connectivity index (χ1n) is 41.6. The Balaban J connectivity index is 5.18. The summed E-state index contributed by atoms with van der Waals surface area (Å²) in [5, 5.41) is 10.6. The Morgan fingerprint density at radius 1 is 0.273 bits per heavy atom. The fraction of sp³-hybridized carbons (Fsp3) is 0.950. The van der Waals surface area contributed by atoms with Crippen molar-refractivity contribution in [2.24, 2.45) is 5.92 Å². The number of hydrogen-bond donors (Lipinski definition) is 3. The summed E-state index contributed by atoms with van der Waals surface area (Å²) in [5.41, 5.74) is 0. The molecule has 17 nitrogen and oxygen atoms in total. The Bertz CT molecular complexity index is 1890. The molecule has 0 aliphatic rings. The topological polar surface area (TPSA) is 237 Å². The molecule has 0 aromatic carbocycles. The average molecular weight is 1450 g/mol. The molecule has 0 rings (SSSR count). The van der Waals surface area contributed by atoms with Crippen LogP contribution < -0.4 is 0 Å². The fourth-order valence-corrected chi connectivity index (χ4v) is 14.0. The van der Waals surface area contributed by atoms with Crippen molar-refractivity contribution in [3.8, 4) is 0 Å². The lowest BCUT2D eigenvalue weighted by molar-refractivity contribution is -0.161. The van der Waals surface area contributed by atoms with Crippen LogP contribution >= 0.6 is 15.6 Å². The molecule has 0 saturated heterocycles. The van der Waals surface area contributed by atoms with Gasteiger partial charge in [-0.25, -0.2) is 9.13 Å². The van der Waals surface area contributed by atoms with Gasteiger partial charge in [0.05, 0.1) is 26.4 Å². The van der Waals surface area contributed by atoms with Crippen LogP contribution in [0, 0.1) is 5.92 Å². The predicted molar refractivity (Wildman–Crippen MR) is 405 cm³/mol. The Hall–Kier alpha value is -1.94. The van der Waals surface area contributed by atoms with Crippen LogP contribution in [0.15, 0.2) is 0 Å². The van der Waals surface area contributed by atoms with Crippen LogP contribution in [-0.4, -0.2) is 96.7 Å². The number of phosphoric ester groups is 2. The van der Waals surface area contributed by atoms with Crippen molar-refractivity contribution in [3.05, 3.63) is 0 Å². The molecule has 0 saturated carbocycles. The summed E-state index contributed by atoms with van der Waals surface area (Å²) in [6.07, 6.45) is 64.1. The number of hydrogen-bond acceptors (Lipinski definition) is 15. The molecule has 0 radical (unpaired) electrons. The van der Waals surface area contributed by atoms with Gasteiger partial charge in [0.2, 0.25) is 0 Å². The molecule has 3 N–H and O–H groups in total. The zero-order valence-corrected chi connectivity index (χ0v) is 66.4. The highest BCUT2D eigenvalue weighted by Crippen LogP contribution is 2.45. The van der Waals surface area contributed by atoms with E-state index in [0.717, 1.165) is 95.8 Å². The van der Waals surface area contributed by atoms with E-state index in [-0.39, 0.29) is 25.7 Å². The van der Waals surface area contributed by atoms with Gasteiger partial charge in [0.25, 0.3) is 0 Å². The van der Waals surface area contributed by atoms with Crippen molar-refractivity contribution in [2.45, 2.75) is 445 Å². The number of aliphatic hydroxyl groups is 1. The highest BCUT2D eigenvalue weighted by Gasteiger charge is 2.30. The van der Waals surface area contributed by atoms with Crippen molar-refractivity contribution in [1.82, 2.24) is 0 Å². The Kier molecular flexibility index (Phi) is 71.6. The molecule has 0 aliphatic carbocycles. The van der Waals surface area contributed by atoms with Gasteiger partial charge < -0.3 is 33.8 Å². The van der Waals surface area contributed by atoms with Gasteiger partial charge in [0, 0.05) is 25.7 Å². The molecular weight excluding hydrogens is 1290 g/mol. The van der Waals surface area contributed by atoms with Gasteiger partial charge in [-0.3, -0.25) is 37.3 Å². The van der Waals surface area contributed by atoms with Crippen molar-refractivity contribution in [2.75, 3.05) is 39.6 Å². The first-order chi connectivity index (χ1) is 48.0. The molecule has 0 heterocycles. The number of ether oxygens (including phenoxy) is 4. The SMILES string of the molecule is CCCCCCCCCCCCCCCCCCCCCCCCC(=O)O[C@H](COC(=O)CCCCCCCCCCCCCCCCCCC)COP(=O)(O)OC[C@@H](O)COP(=O)(O)OC[C@@H](COC(=O)CCCCCCCCCCC)OC(=O)CCCCCCCCCCC(C)C. The minimum atomic E-state index is -4.96. The molecule has 0 amide bonds. The maximum absolute atomic E-state index is 13.1. The second-order valence-corrected chi connectivity index (χ2v) is 32.2. The number of carbonyl (C=O) groups excluding carboxylic acids is 4. The van der Waals surface area contributed by atoms with Crippen LogP contribution in [0.4, 0.5) is 0 Å². The molecule has 0 aliphatic heterocycles. The van der Waals surface area contributed by atoms with Gasteiger partial charge >= 0.3 is 39.5 Å². The molecule has 0 aromatic rings. The summed E-state index contributed by atoms with van der Waals surface area (Å²) in [4.78, 5) is 72.9. The van der Waals surface area contributed by atoms with Gasteiger partial charge in [-0.1, -0.05) is 375 Å². The van der Waals surface area contributed by atoms with E-state index in [2.05, 4.69) is 34.6 Å². The first-order valence-corrected chi connectivity index (χ1v) is 44.6. The minimum absolute atomic E-state index is 0.105. The summed E-state index contributed by atoms with van der Waals surface area (Å²) in [7, 11) is -9.91. The van der Waals surface area contributed by atoms with Gasteiger partial charge in [-0.05, 0) is 31.6 Å². The lowest BCUT2D eigenvalue weighted by Gasteiger charge is -2.21. The Labute approximate surface area is 607 Å². The lowest BCUT2D eigenvalue weighted by atomic mass is 10.0. The predicted octanol–water partition coefficient (Wildman–Crippen LogP) is 24.0. The molecule has 19 heteroatoms. The number of carbonyl (C=O) groups is 4. The van der Waals surface area contributed by atoms with Crippen LogP contribution in [0.1, 0.15) is 426 Å². The van der Waals surface area contributed by atoms with E-state index in [1.165, 1.54) is 250 Å². The molecule has 0 aromatic heterocycles. The third-order valence-corrected chi connectivity index (χ3v) is 20.7. The molecule has 5 atom stereocenters. The fourth-order valence-electron chi connectivity index (χ4n) is 12.4. The van der Waals surface area contributed by atoms with Crippen LogP contribution in [0.3, 0.4) is 0 Å². The second-order valence-electron chi connectivity index (χ2n) is 29.3. The second kappa shape index (κ2) is 73.0. The number of aliphatic hydroxyl groups excluding tert-OH is 1. The zero-order valence-electron chi connectivity index (χ0n) is 64.6. The largest absolute Gasteiger partial charge is 0.472 e. The normalized spacial score (nSPS) is 13.9. The summed E-state index contributed by atoms with van der Waals surface area (Å²) < 4.78 is 68.6. The van der Waals surface area contributed by atoms with Crippen LogP contribution in [0.2, 0.25) is 0 Å². The standard InChI is InChI=1S/C80H156O17P2/c1-6-9-12-15-18-21-23-25-27-29-30-31-32-33-35-37-39-41-44-50-55-60-65-79(84)96-75(70-91-78(83)64-59-54-49-43-40-38-36-34-28-26-24-22-19-16-13-10-7-2)71-94-98(86,87)92-67-74(81)68-93-99(88,89)95-72-76(69-90-77(82)63-58-53-48-42-20-17-14-11-8-3)97-80(85)66-61-56-51-46-45-47-52-57-62-73(4)5/h73-76,81H,6-72H2,1-5H3,(H,86,87)(H,88,89)/t74-,75-,76-/m1/s1. The summed E-state index contributed by atoms with van der Waals surface area (Å²) >= 11 is 0. The number of rotatable bonds is 80. The van der Waals surface area contributed by atoms with E-state index in [0.29, 0.717) is 25.7 Å². The van der Waals surface area contributed by atoms with Gasteiger partial charge in [0.15, 0.2) is 12.2 Å². The van der Waals surface area contributed by atoms with E-state index in [1.54, 1.807) is 0 Å². The van der Waals surface area contributed by atoms with Crippen molar-refractivity contribution < 1.29 is 80.2 Å². The minimum Gasteiger partial charge on any atom is -0.462 e. The molecule has 588 valence electrons. The van der Waals surface area contributed by atoms with Gasteiger partial charge in [-0.2, -0.15) is 0 Å². The molecule has 99 heavy (non-hydrogen) atoms. The zero-order chi connectivity index (χ0) is 72.7. The van der Waals surface area contributed by atoms with Crippen molar-refractivity contribution in [1.29, 1.82) is 0 Å². The van der Waals surface area contributed by atoms with Crippen molar-refractivity contribution in [3.63, 3.8) is 0 Å². The molecule has 2 unspecified atom stereocenters. The van der Waals surface area contributed by atoms with E-state index >= 15 is 0 Å². The van der Waals surface area contributed by atoms with E-state index in [9.17, 15) is 43.2 Å². The van der Waals surface area contributed by atoms with Crippen molar-refractivity contribution >= 4 is 39.5 Å². The smallest absolute Gasteiger partial charge is 0.462 e. The van der Waals surface area contributed by atoms with E-state index in [1.807, 2.05) is 0 Å². The van der Waals surface area contributed by atoms with Crippen LogP contribution in [-0.2, 0) is 65.4 Å². The molecular formula is C80H156O17P2. The molecule has 0 spiro atoms. The maximum Gasteiger partial charge on any atom is 0.472 e. The number of unbranched alkanes of at least 4 members (excludes halogenated alkanes) is 52. The lowest BCUT2D eigenvalue weighted by Crippen LogP contribution is -2.30. The number of phosphoric acid groups is 2.